The van der Waals surface area contributed by atoms with Crippen molar-refractivity contribution in [1.29, 1.82) is 0 Å². The van der Waals surface area contributed by atoms with Crippen molar-refractivity contribution in [2.75, 3.05) is 18.4 Å². The Morgan fingerprint density at radius 3 is 3.00 bits per heavy atom. The van der Waals surface area contributed by atoms with Gasteiger partial charge < -0.3 is 10.6 Å². The SMILES string of the molecule is O=C(CC1CCNCC1)Nc1ccnc(Cl)c1. The molecule has 2 rings (SSSR count). The van der Waals surface area contributed by atoms with E-state index in [1.807, 2.05) is 0 Å². The number of nitrogens with one attached hydrogen (secondary N) is 2. The van der Waals surface area contributed by atoms with E-state index in [-0.39, 0.29) is 5.91 Å². The van der Waals surface area contributed by atoms with E-state index in [1.165, 1.54) is 0 Å². The van der Waals surface area contributed by atoms with Crippen molar-refractivity contribution in [2.24, 2.45) is 5.92 Å². The zero-order valence-corrected chi connectivity index (χ0v) is 10.3. The maximum Gasteiger partial charge on any atom is 0.224 e. The molecule has 2 N–H and O–H groups in total. The van der Waals surface area contributed by atoms with Crippen LogP contribution in [0.15, 0.2) is 18.3 Å². The second-order valence-electron chi connectivity index (χ2n) is 4.31. The summed E-state index contributed by atoms with van der Waals surface area (Å²) in [5, 5.41) is 6.53. The predicted octanol–water partition coefficient (Wildman–Crippen LogP) is 2.06. The Morgan fingerprint density at radius 1 is 1.53 bits per heavy atom. The average Bonchev–Trinajstić information content (AvgIpc) is 2.30. The first kappa shape index (κ1) is 12.3. The average molecular weight is 254 g/mol. The number of halogens is 1. The normalized spacial score (nSPS) is 16.8. The Balaban J connectivity index is 1.84. The number of carbonyl (C=O) groups excluding carboxylic acids is 1. The maximum atomic E-state index is 11.8. The van der Waals surface area contributed by atoms with Gasteiger partial charge in [-0.3, -0.25) is 4.79 Å². The van der Waals surface area contributed by atoms with Crippen molar-refractivity contribution in [3.8, 4) is 0 Å². The molecule has 0 aliphatic carbocycles. The summed E-state index contributed by atoms with van der Waals surface area (Å²) in [7, 11) is 0. The van der Waals surface area contributed by atoms with Crippen molar-refractivity contribution in [3.05, 3.63) is 23.5 Å². The molecule has 0 saturated carbocycles. The van der Waals surface area contributed by atoms with Crippen LogP contribution in [-0.2, 0) is 4.79 Å². The van der Waals surface area contributed by atoms with Gasteiger partial charge in [-0.15, -0.1) is 0 Å². The van der Waals surface area contributed by atoms with E-state index in [1.54, 1.807) is 18.3 Å². The summed E-state index contributed by atoms with van der Waals surface area (Å²) >= 11 is 5.75. The van der Waals surface area contributed by atoms with E-state index < -0.39 is 0 Å². The Labute approximate surface area is 106 Å². The molecule has 2 heterocycles. The molecule has 1 aliphatic heterocycles. The van der Waals surface area contributed by atoms with E-state index in [0.717, 1.165) is 25.9 Å². The van der Waals surface area contributed by atoms with Crippen LogP contribution >= 0.6 is 11.6 Å². The van der Waals surface area contributed by atoms with Crippen LogP contribution in [0.25, 0.3) is 0 Å². The van der Waals surface area contributed by atoms with Crippen molar-refractivity contribution < 1.29 is 4.79 Å². The fraction of sp³-hybridized carbons (Fsp3) is 0.500. The van der Waals surface area contributed by atoms with Gasteiger partial charge in [0.1, 0.15) is 5.15 Å². The van der Waals surface area contributed by atoms with E-state index in [9.17, 15) is 4.79 Å². The monoisotopic (exact) mass is 253 g/mol. The summed E-state index contributed by atoms with van der Waals surface area (Å²) in [4.78, 5) is 15.7. The van der Waals surface area contributed by atoms with Crippen LogP contribution in [0.2, 0.25) is 5.15 Å². The largest absolute Gasteiger partial charge is 0.326 e. The molecule has 0 bridgehead atoms. The van der Waals surface area contributed by atoms with Gasteiger partial charge >= 0.3 is 0 Å². The van der Waals surface area contributed by atoms with Gasteiger partial charge in [0.15, 0.2) is 0 Å². The van der Waals surface area contributed by atoms with Crippen LogP contribution in [-0.4, -0.2) is 24.0 Å². The highest BCUT2D eigenvalue weighted by Gasteiger charge is 2.16. The fourth-order valence-corrected chi connectivity index (χ4v) is 2.21. The van der Waals surface area contributed by atoms with Crippen LogP contribution in [0.1, 0.15) is 19.3 Å². The minimum Gasteiger partial charge on any atom is -0.326 e. The van der Waals surface area contributed by atoms with Crippen molar-refractivity contribution in [3.63, 3.8) is 0 Å². The lowest BCUT2D eigenvalue weighted by Crippen LogP contribution is -2.30. The molecule has 1 amide bonds. The molecule has 1 fully saturated rings. The van der Waals surface area contributed by atoms with Crippen LogP contribution in [0.4, 0.5) is 5.69 Å². The number of carbonyl (C=O) groups is 1. The second kappa shape index (κ2) is 5.98. The molecule has 1 aromatic rings. The van der Waals surface area contributed by atoms with Gasteiger partial charge in [0.05, 0.1) is 0 Å². The molecule has 4 nitrogen and oxygen atoms in total. The van der Waals surface area contributed by atoms with Crippen LogP contribution in [0.3, 0.4) is 0 Å². The van der Waals surface area contributed by atoms with E-state index >= 15 is 0 Å². The number of nitrogens with zero attached hydrogens (tertiary/aromatic N) is 1. The molecule has 0 unspecified atom stereocenters. The number of hydrogen-bond donors (Lipinski definition) is 2. The third-order valence-corrected chi connectivity index (χ3v) is 3.15. The van der Waals surface area contributed by atoms with Crippen LogP contribution < -0.4 is 10.6 Å². The summed E-state index contributed by atoms with van der Waals surface area (Å²) in [6.07, 6.45) is 4.32. The van der Waals surface area contributed by atoms with E-state index in [0.29, 0.717) is 23.2 Å². The third-order valence-electron chi connectivity index (χ3n) is 2.94. The summed E-state index contributed by atoms with van der Waals surface area (Å²) in [6, 6.07) is 3.40. The third kappa shape index (κ3) is 3.98. The molecule has 17 heavy (non-hydrogen) atoms. The predicted molar refractivity (Wildman–Crippen MR) is 68.1 cm³/mol. The molecule has 0 spiro atoms. The number of rotatable bonds is 3. The van der Waals surface area contributed by atoms with E-state index in [2.05, 4.69) is 15.6 Å². The van der Waals surface area contributed by atoms with E-state index in [4.69, 9.17) is 11.6 Å². The molecule has 1 aliphatic rings. The summed E-state index contributed by atoms with van der Waals surface area (Å²) in [6.45, 7) is 2.03. The Kier molecular flexibility index (Phi) is 4.34. The number of hydrogen-bond acceptors (Lipinski definition) is 3. The summed E-state index contributed by atoms with van der Waals surface area (Å²) in [5.74, 6) is 0.549. The molecule has 5 heteroatoms. The van der Waals surface area contributed by atoms with Gasteiger partial charge in [-0.25, -0.2) is 4.98 Å². The highest BCUT2D eigenvalue weighted by molar-refractivity contribution is 6.29. The quantitative estimate of drug-likeness (QED) is 0.811. The molecule has 0 atom stereocenters. The summed E-state index contributed by atoms with van der Waals surface area (Å²) in [5.41, 5.74) is 0.712. The van der Waals surface area contributed by atoms with Gasteiger partial charge in [0.2, 0.25) is 5.91 Å². The fourth-order valence-electron chi connectivity index (χ4n) is 2.04. The minimum atomic E-state index is 0.0548. The van der Waals surface area contributed by atoms with Crippen LogP contribution in [0, 0.1) is 5.92 Å². The smallest absolute Gasteiger partial charge is 0.224 e. The maximum absolute atomic E-state index is 11.8. The van der Waals surface area contributed by atoms with Gasteiger partial charge in [0, 0.05) is 18.3 Å². The van der Waals surface area contributed by atoms with Crippen molar-refractivity contribution >= 4 is 23.2 Å². The first-order valence-corrected chi connectivity index (χ1v) is 6.24. The molecule has 0 radical (unpaired) electrons. The standard InChI is InChI=1S/C12H16ClN3O/c13-11-8-10(3-6-15-11)16-12(17)7-9-1-4-14-5-2-9/h3,6,8-9,14H,1-2,4-5,7H2,(H,15,16,17). The zero-order valence-electron chi connectivity index (χ0n) is 9.58. The van der Waals surface area contributed by atoms with Gasteiger partial charge in [-0.2, -0.15) is 0 Å². The van der Waals surface area contributed by atoms with Crippen molar-refractivity contribution in [2.45, 2.75) is 19.3 Å². The minimum absolute atomic E-state index is 0.0548. The Hall–Kier alpha value is -1.13. The molecule has 0 aromatic carbocycles. The molecular weight excluding hydrogens is 238 g/mol. The van der Waals surface area contributed by atoms with Gasteiger partial charge in [-0.1, -0.05) is 11.6 Å². The Morgan fingerprint density at radius 2 is 2.29 bits per heavy atom. The number of anilines is 1. The highest BCUT2D eigenvalue weighted by Crippen LogP contribution is 2.18. The van der Waals surface area contributed by atoms with Gasteiger partial charge in [-0.05, 0) is 44.0 Å². The topological polar surface area (TPSA) is 54.0 Å². The van der Waals surface area contributed by atoms with Gasteiger partial charge in [0.25, 0.3) is 0 Å². The molecular formula is C12H16ClN3O. The lowest BCUT2D eigenvalue weighted by Gasteiger charge is -2.21. The molecule has 1 saturated heterocycles. The molecule has 1 aromatic heterocycles. The van der Waals surface area contributed by atoms with Crippen LogP contribution in [0.5, 0.6) is 0 Å². The highest BCUT2D eigenvalue weighted by atomic mass is 35.5. The molecule has 92 valence electrons. The zero-order chi connectivity index (χ0) is 12.1. The summed E-state index contributed by atoms with van der Waals surface area (Å²) < 4.78 is 0. The first-order valence-electron chi connectivity index (χ1n) is 5.86. The number of pyridine rings is 1. The number of amides is 1. The lowest BCUT2D eigenvalue weighted by molar-refractivity contribution is -0.117. The number of aromatic nitrogens is 1. The second-order valence-corrected chi connectivity index (χ2v) is 4.70. The number of piperidine rings is 1. The lowest BCUT2D eigenvalue weighted by atomic mass is 9.94. The Bertz CT molecular complexity index is 391. The first-order chi connectivity index (χ1) is 8.24. The van der Waals surface area contributed by atoms with Crippen molar-refractivity contribution in [1.82, 2.24) is 10.3 Å².